The number of nitrogens with zero attached hydrogens (tertiary/aromatic N) is 4. The van der Waals surface area contributed by atoms with Crippen molar-refractivity contribution in [3.05, 3.63) is 53.6 Å². The third-order valence-electron chi connectivity index (χ3n) is 5.04. The molecule has 1 N–H and O–H groups in total. The predicted octanol–water partition coefficient (Wildman–Crippen LogP) is 3.61. The number of amides is 1. The van der Waals surface area contributed by atoms with Crippen LogP contribution in [0.2, 0.25) is 0 Å². The monoisotopic (exact) mass is 365 g/mol. The van der Waals surface area contributed by atoms with Crippen molar-refractivity contribution >= 4 is 28.0 Å². The van der Waals surface area contributed by atoms with Gasteiger partial charge in [0.1, 0.15) is 22.7 Å². The number of hydrogen-bond donors (Lipinski definition) is 1. The number of aromatic amines is 1. The van der Waals surface area contributed by atoms with Crippen LogP contribution in [0.15, 0.2) is 41.0 Å². The van der Waals surface area contributed by atoms with Crippen LogP contribution in [0.5, 0.6) is 0 Å². The Morgan fingerprint density at radius 2 is 1.96 bits per heavy atom. The van der Waals surface area contributed by atoms with Crippen molar-refractivity contribution in [1.29, 1.82) is 0 Å². The predicted molar refractivity (Wildman–Crippen MR) is 95.5 cm³/mol. The molecular formula is C19H16FN5O2. The minimum atomic E-state index is -0.316. The van der Waals surface area contributed by atoms with Crippen LogP contribution < -0.4 is 0 Å². The summed E-state index contributed by atoms with van der Waals surface area (Å²) in [4.78, 5) is 22.8. The number of rotatable bonds is 2. The van der Waals surface area contributed by atoms with Gasteiger partial charge in [0.2, 0.25) is 0 Å². The molecule has 0 radical (unpaired) electrons. The second kappa shape index (κ2) is 6.15. The molecule has 1 saturated heterocycles. The second-order valence-electron chi connectivity index (χ2n) is 6.76. The van der Waals surface area contributed by atoms with E-state index in [4.69, 9.17) is 4.63 Å². The molecule has 27 heavy (non-hydrogen) atoms. The molecule has 4 aromatic rings. The van der Waals surface area contributed by atoms with Gasteiger partial charge in [0.25, 0.3) is 5.91 Å². The van der Waals surface area contributed by atoms with E-state index in [2.05, 4.69) is 20.3 Å². The molecule has 5 rings (SSSR count). The van der Waals surface area contributed by atoms with Gasteiger partial charge < -0.3 is 9.88 Å². The quantitative estimate of drug-likeness (QED) is 0.586. The Hall–Kier alpha value is -3.29. The lowest BCUT2D eigenvalue weighted by Gasteiger charge is -2.34. The Morgan fingerprint density at radius 3 is 2.89 bits per heavy atom. The number of piperidine rings is 1. The lowest BCUT2D eigenvalue weighted by Crippen LogP contribution is -2.39. The van der Waals surface area contributed by atoms with Gasteiger partial charge in [-0.1, -0.05) is 0 Å². The summed E-state index contributed by atoms with van der Waals surface area (Å²) >= 11 is 0. The minimum Gasteiger partial charge on any atom is -0.340 e. The molecular weight excluding hydrogens is 349 g/mol. The van der Waals surface area contributed by atoms with Crippen LogP contribution in [0.3, 0.4) is 0 Å². The smallest absolute Gasteiger partial charge is 0.254 e. The van der Waals surface area contributed by atoms with E-state index in [1.54, 1.807) is 24.3 Å². The molecule has 2 aromatic heterocycles. The summed E-state index contributed by atoms with van der Waals surface area (Å²) < 4.78 is 18.2. The molecule has 0 saturated carbocycles. The third-order valence-corrected chi connectivity index (χ3v) is 5.04. The summed E-state index contributed by atoms with van der Waals surface area (Å²) in [6.45, 7) is 0.643. The molecule has 3 heterocycles. The van der Waals surface area contributed by atoms with E-state index in [9.17, 15) is 9.18 Å². The van der Waals surface area contributed by atoms with E-state index >= 15 is 0 Å². The first kappa shape index (κ1) is 15.9. The van der Waals surface area contributed by atoms with Crippen molar-refractivity contribution in [2.45, 2.75) is 25.3 Å². The molecule has 1 amide bonds. The van der Waals surface area contributed by atoms with Crippen LogP contribution in [0.25, 0.3) is 22.1 Å². The van der Waals surface area contributed by atoms with E-state index in [0.29, 0.717) is 40.0 Å². The molecule has 8 heteroatoms. The SMILES string of the molecule is O=C(c1ccc2nonc2c1)N1CCCC[C@H]1c1nc2ccc(F)cc2[nH]1. The zero-order chi connectivity index (χ0) is 18.4. The molecule has 2 aromatic carbocycles. The highest BCUT2D eigenvalue weighted by molar-refractivity contribution is 5.97. The largest absolute Gasteiger partial charge is 0.340 e. The van der Waals surface area contributed by atoms with E-state index in [0.717, 1.165) is 19.3 Å². The third kappa shape index (κ3) is 2.73. The maximum atomic E-state index is 13.5. The number of aromatic nitrogens is 4. The highest BCUT2D eigenvalue weighted by Gasteiger charge is 2.31. The molecule has 1 atom stereocenters. The summed E-state index contributed by atoms with van der Waals surface area (Å²) in [5.41, 5.74) is 3.03. The summed E-state index contributed by atoms with van der Waals surface area (Å²) in [6.07, 6.45) is 2.75. The van der Waals surface area contributed by atoms with E-state index < -0.39 is 0 Å². The fourth-order valence-electron chi connectivity index (χ4n) is 3.70. The minimum absolute atomic E-state index is 0.0868. The number of halogens is 1. The van der Waals surface area contributed by atoms with Crippen LogP contribution >= 0.6 is 0 Å². The number of imidazole rings is 1. The van der Waals surface area contributed by atoms with E-state index in [-0.39, 0.29) is 17.8 Å². The number of likely N-dealkylation sites (tertiary alicyclic amines) is 1. The maximum absolute atomic E-state index is 13.5. The molecule has 136 valence electrons. The molecule has 0 spiro atoms. The second-order valence-corrected chi connectivity index (χ2v) is 6.76. The first-order chi connectivity index (χ1) is 13.2. The standard InChI is InChI=1S/C19H16FN5O2/c20-12-5-7-13-15(10-12)22-18(21-13)17-3-1-2-8-25(17)19(26)11-4-6-14-16(9-11)24-27-23-14/h4-7,9-10,17H,1-3,8H2,(H,21,22)/t17-/m0/s1. The Morgan fingerprint density at radius 1 is 1.11 bits per heavy atom. The van der Waals surface area contributed by atoms with E-state index in [1.165, 1.54) is 12.1 Å². The molecule has 1 aliphatic heterocycles. The maximum Gasteiger partial charge on any atom is 0.254 e. The van der Waals surface area contributed by atoms with Gasteiger partial charge in [-0.15, -0.1) is 0 Å². The van der Waals surface area contributed by atoms with Gasteiger partial charge in [-0.2, -0.15) is 0 Å². The highest BCUT2D eigenvalue weighted by Crippen LogP contribution is 2.32. The van der Waals surface area contributed by atoms with Crippen molar-refractivity contribution < 1.29 is 13.8 Å². The lowest BCUT2D eigenvalue weighted by molar-refractivity contribution is 0.0601. The van der Waals surface area contributed by atoms with Crippen LogP contribution in [-0.2, 0) is 0 Å². The lowest BCUT2D eigenvalue weighted by atomic mass is 10.00. The van der Waals surface area contributed by atoms with Gasteiger partial charge >= 0.3 is 0 Å². The normalized spacial score (nSPS) is 17.7. The fraction of sp³-hybridized carbons (Fsp3) is 0.263. The van der Waals surface area contributed by atoms with Gasteiger partial charge in [-0.05, 0) is 66.0 Å². The number of fused-ring (bicyclic) bond motifs is 2. The molecule has 0 bridgehead atoms. The summed E-state index contributed by atoms with van der Waals surface area (Å²) in [7, 11) is 0. The van der Waals surface area contributed by atoms with Crippen molar-refractivity contribution in [2.24, 2.45) is 0 Å². The zero-order valence-electron chi connectivity index (χ0n) is 14.4. The van der Waals surface area contributed by atoms with Crippen molar-refractivity contribution in [3.8, 4) is 0 Å². The molecule has 1 aliphatic rings. The molecule has 0 unspecified atom stereocenters. The number of carbonyl (C=O) groups is 1. The topological polar surface area (TPSA) is 87.9 Å². The first-order valence-electron chi connectivity index (χ1n) is 8.87. The molecule has 7 nitrogen and oxygen atoms in total. The van der Waals surface area contributed by atoms with Crippen LogP contribution in [0, 0.1) is 5.82 Å². The molecule has 0 aliphatic carbocycles. The van der Waals surface area contributed by atoms with Gasteiger partial charge in [0.05, 0.1) is 17.1 Å². The number of hydrogen-bond acceptors (Lipinski definition) is 5. The summed E-state index contributed by atoms with van der Waals surface area (Å²) in [5.74, 6) is 0.285. The number of carbonyl (C=O) groups excluding carboxylic acids is 1. The average molecular weight is 365 g/mol. The zero-order valence-corrected chi connectivity index (χ0v) is 14.4. The van der Waals surface area contributed by atoms with Gasteiger partial charge in [-0.3, -0.25) is 4.79 Å². The Balaban J connectivity index is 1.51. The fourth-order valence-corrected chi connectivity index (χ4v) is 3.70. The Kier molecular flexibility index (Phi) is 3.63. The first-order valence-corrected chi connectivity index (χ1v) is 8.87. The average Bonchev–Trinajstić information content (AvgIpc) is 3.33. The van der Waals surface area contributed by atoms with Crippen LogP contribution in [-0.4, -0.2) is 37.6 Å². The van der Waals surface area contributed by atoms with E-state index in [1.807, 2.05) is 4.90 Å². The van der Waals surface area contributed by atoms with Crippen molar-refractivity contribution in [1.82, 2.24) is 25.2 Å². The molecule has 1 fully saturated rings. The summed E-state index contributed by atoms with van der Waals surface area (Å²) in [6, 6.07) is 9.42. The number of benzene rings is 2. The van der Waals surface area contributed by atoms with Crippen LogP contribution in [0.4, 0.5) is 4.39 Å². The van der Waals surface area contributed by atoms with Gasteiger partial charge in [0.15, 0.2) is 0 Å². The number of nitrogens with one attached hydrogen (secondary N) is 1. The number of H-pyrrole nitrogens is 1. The highest BCUT2D eigenvalue weighted by atomic mass is 19.1. The van der Waals surface area contributed by atoms with Gasteiger partial charge in [-0.25, -0.2) is 14.0 Å². The van der Waals surface area contributed by atoms with Crippen LogP contribution in [0.1, 0.15) is 41.5 Å². The van der Waals surface area contributed by atoms with Gasteiger partial charge in [0, 0.05) is 12.1 Å². The van der Waals surface area contributed by atoms with Crippen molar-refractivity contribution in [3.63, 3.8) is 0 Å². The van der Waals surface area contributed by atoms with Crippen molar-refractivity contribution in [2.75, 3.05) is 6.54 Å². The Labute approximate surface area is 153 Å². The summed E-state index contributed by atoms with van der Waals surface area (Å²) in [5, 5.41) is 7.58. The Bertz CT molecular complexity index is 1150.